The molecule has 3 heterocycles. The number of halogens is 7. The van der Waals surface area contributed by atoms with E-state index >= 15 is 8.78 Å². The summed E-state index contributed by atoms with van der Waals surface area (Å²) in [5.41, 5.74) is -3.53. The van der Waals surface area contributed by atoms with Gasteiger partial charge in [0.15, 0.2) is 11.5 Å². The number of anilines is 2. The van der Waals surface area contributed by atoms with Gasteiger partial charge in [0.25, 0.3) is 12.2 Å². The van der Waals surface area contributed by atoms with Crippen molar-refractivity contribution in [3.05, 3.63) is 53.6 Å². The molecular formula is C23H17F7N6. The number of fused-ring (bicyclic) bond motifs is 3. The van der Waals surface area contributed by atoms with Gasteiger partial charge < -0.3 is 4.90 Å². The van der Waals surface area contributed by atoms with Crippen LogP contribution in [0, 0.1) is 35.8 Å². The molecule has 4 rings (SSSR count). The van der Waals surface area contributed by atoms with E-state index in [1.807, 2.05) is 5.92 Å². The lowest BCUT2D eigenvalue weighted by Gasteiger charge is -2.25. The minimum atomic E-state index is -4.71. The maximum atomic E-state index is 15.5. The summed E-state index contributed by atoms with van der Waals surface area (Å²) >= 11 is 0. The summed E-state index contributed by atoms with van der Waals surface area (Å²) in [5.74, 6) is 1.78. The number of aryl methyl sites for hydroxylation is 1. The molecule has 0 aliphatic rings. The van der Waals surface area contributed by atoms with Crippen molar-refractivity contribution in [3.63, 3.8) is 0 Å². The zero-order valence-electron chi connectivity index (χ0n) is 19.0. The maximum Gasteiger partial charge on any atom is 0.404 e. The van der Waals surface area contributed by atoms with Crippen LogP contribution in [-0.2, 0) is 0 Å². The molecule has 0 saturated heterocycles. The standard InChI is InChI=1S/C23H17F7N6/c1-12-33-34-21-32-20(18-13(24)5-4-6-15(18)36(12)21)35(11-17(25)26)16-8-10-31-14(19(16)27)7-9-22(2,3)23(28,29)30/h4-6,8,10,17H,11H2,1-3H3. The quantitative estimate of drug-likeness (QED) is 0.264. The first-order chi connectivity index (χ1) is 16.8. The van der Waals surface area contributed by atoms with E-state index in [-0.39, 0.29) is 22.5 Å². The Kier molecular flexibility index (Phi) is 6.24. The van der Waals surface area contributed by atoms with Gasteiger partial charge in [-0.25, -0.2) is 22.5 Å². The van der Waals surface area contributed by atoms with Gasteiger partial charge in [0, 0.05) is 6.20 Å². The van der Waals surface area contributed by atoms with E-state index in [0.29, 0.717) is 5.82 Å². The Morgan fingerprint density at radius 2 is 1.81 bits per heavy atom. The molecule has 0 amide bonds. The first kappa shape index (κ1) is 25.2. The van der Waals surface area contributed by atoms with Gasteiger partial charge in [0.1, 0.15) is 22.9 Å². The Labute approximate surface area is 199 Å². The van der Waals surface area contributed by atoms with Crippen LogP contribution in [0.4, 0.5) is 42.2 Å². The third kappa shape index (κ3) is 4.38. The van der Waals surface area contributed by atoms with Crippen LogP contribution in [-0.4, -0.2) is 43.7 Å². The summed E-state index contributed by atoms with van der Waals surface area (Å²) in [6.07, 6.45) is -6.74. The number of pyridine rings is 1. The zero-order valence-corrected chi connectivity index (χ0v) is 19.0. The van der Waals surface area contributed by atoms with Crippen molar-refractivity contribution in [2.45, 2.75) is 33.4 Å². The van der Waals surface area contributed by atoms with Crippen LogP contribution in [0.2, 0.25) is 0 Å². The topological polar surface area (TPSA) is 59.2 Å². The second-order valence-electron chi connectivity index (χ2n) is 8.32. The minimum Gasteiger partial charge on any atom is -0.317 e. The highest BCUT2D eigenvalue weighted by atomic mass is 19.4. The Bertz CT molecular complexity index is 1510. The summed E-state index contributed by atoms with van der Waals surface area (Å²) in [5, 5.41) is 7.53. The molecule has 0 aliphatic carbocycles. The molecule has 0 saturated carbocycles. The first-order valence-corrected chi connectivity index (χ1v) is 10.4. The van der Waals surface area contributed by atoms with Gasteiger partial charge in [-0.3, -0.25) is 4.40 Å². The predicted molar refractivity (Wildman–Crippen MR) is 117 cm³/mol. The molecule has 0 unspecified atom stereocenters. The summed E-state index contributed by atoms with van der Waals surface area (Å²) in [6.45, 7) is 2.07. The van der Waals surface area contributed by atoms with Gasteiger partial charge in [-0.2, -0.15) is 18.2 Å². The molecule has 188 valence electrons. The van der Waals surface area contributed by atoms with Crippen LogP contribution >= 0.6 is 0 Å². The fraction of sp³-hybridized carbons (Fsp3) is 0.304. The zero-order chi connectivity index (χ0) is 26.4. The summed E-state index contributed by atoms with van der Waals surface area (Å²) in [7, 11) is 0. The molecular weight excluding hydrogens is 493 g/mol. The van der Waals surface area contributed by atoms with Gasteiger partial charge in [-0.15, -0.1) is 10.2 Å². The number of rotatable bonds is 4. The second kappa shape index (κ2) is 8.92. The van der Waals surface area contributed by atoms with E-state index in [0.717, 1.165) is 37.1 Å². The van der Waals surface area contributed by atoms with Gasteiger partial charge in [0.05, 0.1) is 23.1 Å². The summed E-state index contributed by atoms with van der Waals surface area (Å²) in [4.78, 5) is 8.55. The van der Waals surface area contributed by atoms with E-state index in [4.69, 9.17) is 0 Å². The molecule has 6 nitrogen and oxygen atoms in total. The second-order valence-corrected chi connectivity index (χ2v) is 8.32. The average Bonchev–Trinajstić information content (AvgIpc) is 3.16. The van der Waals surface area contributed by atoms with Crippen molar-refractivity contribution in [3.8, 4) is 11.8 Å². The first-order valence-electron chi connectivity index (χ1n) is 10.4. The number of benzene rings is 1. The highest BCUT2D eigenvalue weighted by molar-refractivity contribution is 5.94. The molecule has 0 fully saturated rings. The van der Waals surface area contributed by atoms with Crippen molar-refractivity contribution in [1.29, 1.82) is 0 Å². The van der Waals surface area contributed by atoms with Gasteiger partial charge >= 0.3 is 6.18 Å². The lowest BCUT2D eigenvalue weighted by atomic mass is 9.93. The minimum absolute atomic E-state index is 0.0544. The number of nitrogens with zero attached hydrogens (tertiary/aromatic N) is 6. The fourth-order valence-electron chi connectivity index (χ4n) is 3.42. The fourth-order valence-corrected chi connectivity index (χ4v) is 3.42. The molecule has 1 aromatic carbocycles. The third-order valence-electron chi connectivity index (χ3n) is 5.41. The summed E-state index contributed by atoms with van der Waals surface area (Å²) in [6, 6.07) is 4.98. The van der Waals surface area contributed by atoms with Gasteiger partial charge in [0.2, 0.25) is 0 Å². The molecule has 0 bridgehead atoms. The molecule has 0 atom stereocenters. The molecule has 13 heteroatoms. The molecule has 3 aromatic heterocycles. The number of alkyl halides is 5. The lowest BCUT2D eigenvalue weighted by molar-refractivity contribution is -0.190. The van der Waals surface area contributed by atoms with Crippen LogP contribution in [0.3, 0.4) is 0 Å². The monoisotopic (exact) mass is 510 g/mol. The van der Waals surface area contributed by atoms with Crippen LogP contribution in [0.5, 0.6) is 0 Å². The molecule has 4 aromatic rings. The summed E-state index contributed by atoms with van der Waals surface area (Å²) < 4.78 is 98.7. The smallest absolute Gasteiger partial charge is 0.317 e. The van der Waals surface area contributed by atoms with Crippen LogP contribution in [0.15, 0.2) is 30.5 Å². The molecule has 0 spiro atoms. The van der Waals surface area contributed by atoms with Crippen molar-refractivity contribution < 1.29 is 30.7 Å². The van der Waals surface area contributed by atoms with E-state index in [1.54, 1.807) is 6.92 Å². The highest BCUT2D eigenvalue weighted by Gasteiger charge is 2.46. The molecule has 0 N–H and O–H groups in total. The van der Waals surface area contributed by atoms with Gasteiger partial charge in [-0.05, 0) is 44.9 Å². The lowest BCUT2D eigenvalue weighted by Crippen LogP contribution is -2.30. The van der Waals surface area contributed by atoms with E-state index in [2.05, 4.69) is 26.1 Å². The average molecular weight is 510 g/mol. The Morgan fingerprint density at radius 1 is 1.08 bits per heavy atom. The van der Waals surface area contributed by atoms with Gasteiger partial charge in [-0.1, -0.05) is 12.0 Å². The number of aromatic nitrogens is 5. The predicted octanol–water partition coefficient (Wildman–Crippen LogP) is 5.60. The maximum absolute atomic E-state index is 15.5. The van der Waals surface area contributed by atoms with Crippen molar-refractivity contribution in [1.82, 2.24) is 24.6 Å². The van der Waals surface area contributed by atoms with Crippen molar-refractivity contribution in [2.75, 3.05) is 11.4 Å². The van der Waals surface area contributed by atoms with Crippen molar-refractivity contribution in [2.24, 2.45) is 5.41 Å². The van der Waals surface area contributed by atoms with Crippen molar-refractivity contribution >= 4 is 28.2 Å². The Hall–Kier alpha value is -3.95. The van der Waals surface area contributed by atoms with Crippen LogP contribution in [0.1, 0.15) is 25.4 Å². The third-order valence-corrected chi connectivity index (χ3v) is 5.41. The highest BCUT2D eigenvalue weighted by Crippen LogP contribution is 2.38. The SMILES string of the molecule is Cc1nnc2nc(N(CC(F)F)c3ccnc(C#CC(C)(C)C(F)(F)F)c3F)c3c(F)cccc3n12. The normalized spacial score (nSPS) is 12.3. The van der Waals surface area contributed by atoms with E-state index in [1.165, 1.54) is 16.5 Å². The van der Waals surface area contributed by atoms with Crippen LogP contribution < -0.4 is 4.90 Å². The number of hydrogen-bond donors (Lipinski definition) is 0. The van der Waals surface area contributed by atoms with Crippen LogP contribution in [0.25, 0.3) is 16.7 Å². The molecule has 36 heavy (non-hydrogen) atoms. The Morgan fingerprint density at radius 3 is 2.47 bits per heavy atom. The molecule has 0 radical (unpaired) electrons. The Balaban J connectivity index is 1.96. The van der Waals surface area contributed by atoms with E-state index in [9.17, 15) is 22.0 Å². The largest absolute Gasteiger partial charge is 0.404 e. The number of hydrogen-bond acceptors (Lipinski definition) is 5. The van der Waals surface area contributed by atoms with E-state index < -0.39 is 47.6 Å². The molecule has 0 aliphatic heterocycles.